The average molecular weight is 321 g/mol. The van der Waals surface area contributed by atoms with Crippen molar-refractivity contribution in [2.24, 2.45) is 11.7 Å². The first-order valence-electron chi connectivity index (χ1n) is 8.28. The van der Waals surface area contributed by atoms with E-state index in [0.29, 0.717) is 6.61 Å². The molecule has 0 heterocycles. The fraction of sp³-hybridized carbons (Fsp3) is 0.632. The number of carbonyl (C=O) groups excluding carboxylic acids is 1. The maximum absolute atomic E-state index is 11.0. The molecular weight excluding hydrogens is 290 g/mol. The van der Waals surface area contributed by atoms with Gasteiger partial charge in [-0.2, -0.15) is 0 Å². The van der Waals surface area contributed by atoms with Gasteiger partial charge in [0.25, 0.3) is 0 Å². The lowest BCUT2D eigenvalue weighted by molar-refractivity contribution is -0.111. The van der Waals surface area contributed by atoms with Crippen LogP contribution in [-0.4, -0.2) is 26.0 Å². The van der Waals surface area contributed by atoms with Crippen LogP contribution in [0.2, 0.25) is 0 Å². The van der Waals surface area contributed by atoms with Gasteiger partial charge in [0.15, 0.2) is 11.5 Å². The Bertz CT molecular complexity index is 526. The largest absolute Gasteiger partial charge is 0.493 e. The van der Waals surface area contributed by atoms with Crippen LogP contribution in [0.15, 0.2) is 12.1 Å². The standard InChI is InChI=1S/C19H31NO3/c1-7-15(20)12-23-17-14(3)8-9-16(18(17)22-6)19(4,5)10-13(2)11-21/h8-9,11,13,15H,7,10,12,20H2,1-6H3/t13-,15-/m1/s1. The van der Waals surface area contributed by atoms with Gasteiger partial charge in [-0.25, -0.2) is 0 Å². The van der Waals surface area contributed by atoms with Crippen molar-refractivity contribution in [1.29, 1.82) is 0 Å². The Morgan fingerprint density at radius 3 is 2.48 bits per heavy atom. The van der Waals surface area contributed by atoms with E-state index in [1.54, 1.807) is 7.11 Å². The molecule has 2 N–H and O–H groups in total. The van der Waals surface area contributed by atoms with E-state index in [-0.39, 0.29) is 17.4 Å². The summed E-state index contributed by atoms with van der Waals surface area (Å²) in [6.45, 7) is 10.7. The lowest BCUT2D eigenvalue weighted by atomic mass is 9.77. The van der Waals surface area contributed by atoms with E-state index >= 15 is 0 Å². The van der Waals surface area contributed by atoms with Crippen LogP contribution in [0.3, 0.4) is 0 Å². The summed E-state index contributed by atoms with van der Waals surface area (Å²) in [5, 5.41) is 0. The quantitative estimate of drug-likeness (QED) is 0.706. The molecule has 0 amide bonds. The second-order valence-corrected chi connectivity index (χ2v) is 6.97. The Morgan fingerprint density at radius 1 is 1.30 bits per heavy atom. The summed E-state index contributed by atoms with van der Waals surface area (Å²) in [6, 6.07) is 4.11. The van der Waals surface area contributed by atoms with Crippen molar-refractivity contribution >= 4 is 6.29 Å². The van der Waals surface area contributed by atoms with Crippen LogP contribution in [0.25, 0.3) is 0 Å². The molecular formula is C19H31NO3. The van der Waals surface area contributed by atoms with Crippen LogP contribution in [0.4, 0.5) is 0 Å². The number of ether oxygens (including phenoxy) is 2. The zero-order chi connectivity index (χ0) is 17.6. The molecule has 4 nitrogen and oxygen atoms in total. The number of benzene rings is 1. The molecule has 2 atom stereocenters. The van der Waals surface area contributed by atoms with Crippen LogP contribution in [0.1, 0.15) is 51.7 Å². The molecule has 0 saturated heterocycles. The molecule has 0 radical (unpaired) electrons. The van der Waals surface area contributed by atoms with Gasteiger partial charge in [-0.3, -0.25) is 0 Å². The summed E-state index contributed by atoms with van der Waals surface area (Å²) < 4.78 is 11.6. The predicted octanol–water partition coefficient (Wildman–Crippen LogP) is 3.62. The summed E-state index contributed by atoms with van der Waals surface area (Å²) in [7, 11) is 1.66. The summed E-state index contributed by atoms with van der Waals surface area (Å²) in [5.74, 6) is 1.49. The van der Waals surface area contributed by atoms with Gasteiger partial charge in [-0.1, -0.05) is 39.8 Å². The van der Waals surface area contributed by atoms with Crippen LogP contribution in [0, 0.1) is 12.8 Å². The van der Waals surface area contributed by atoms with Crippen molar-refractivity contribution in [1.82, 2.24) is 0 Å². The number of rotatable bonds is 9. The minimum absolute atomic E-state index is 0.00542. The molecule has 0 aliphatic rings. The Balaban J connectivity index is 3.21. The van der Waals surface area contributed by atoms with E-state index in [9.17, 15) is 4.79 Å². The number of hydrogen-bond acceptors (Lipinski definition) is 4. The maximum Gasteiger partial charge on any atom is 0.164 e. The highest BCUT2D eigenvalue weighted by atomic mass is 16.5. The zero-order valence-electron chi connectivity index (χ0n) is 15.3. The molecule has 0 unspecified atom stereocenters. The smallest absolute Gasteiger partial charge is 0.164 e. The van der Waals surface area contributed by atoms with Crippen molar-refractivity contribution < 1.29 is 14.3 Å². The van der Waals surface area contributed by atoms with Gasteiger partial charge >= 0.3 is 0 Å². The molecule has 1 aromatic rings. The van der Waals surface area contributed by atoms with E-state index in [0.717, 1.165) is 41.8 Å². The predicted molar refractivity (Wildman–Crippen MR) is 94.4 cm³/mol. The van der Waals surface area contributed by atoms with Gasteiger partial charge in [-0.15, -0.1) is 0 Å². The Kier molecular flexibility index (Phi) is 7.07. The van der Waals surface area contributed by atoms with Gasteiger partial charge in [0.2, 0.25) is 0 Å². The summed E-state index contributed by atoms with van der Waals surface area (Å²) in [4.78, 5) is 11.0. The molecule has 0 aliphatic heterocycles. The van der Waals surface area contributed by atoms with E-state index < -0.39 is 0 Å². The maximum atomic E-state index is 11.0. The first kappa shape index (κ1) is 19.5. The van der Waals surface area contributed by atoms with Gasteiger partial charge in [0, 0.05) is 17.5 Å². The monoisotopic (exact) mass is 321 g/mol. The normalized spacial score (nSPS) is 14.2. The van der Waals surface area contributed by atoms with Gasteiger partial charge in [0.1, 0.15) is 12.9 Å². The molecule has 130 valence electrons. The van der Waals surface area contributed by atoms with E-state index in [4.69, 9.17) is 15.2 Å². The molecule has 23 heavy (non-hydrogen) atoms. The van der Waals surface area contributed by atoms with Gasteiger partial charge in [0.05, 0.1) is 7.11 Å². The lowest BCUT2D eigenvalue weighted by Crippen LogP contribution is -2.27. The minimum Gasteiger partial charge on any atom is -0.493 e. The van der Waals surface area contributed by atoms with Gasteiger partial charge < -0.3 is 20.0 Å². The number of aryl methyl sites for hydroxylation is 1. The summed E-state index contributed by atoms with van der Waals surface area (Å²) in [5.41, 5.74) is 7.85. The van der Waals surface area contributed by atoms with Gasteiger partial charge in [-0.05, 0) is 30.7 Å². The number of hydrogen-bond donors (Lipinski definition) is 1. The van der Waals surface area contributed by atoms with Crippen LogP contribution >= 0.6 is 0 Å². The van der Waals surface area contributed by atoms with E-state index in [2.05, 4.69) is 19.9 Å². The second kappa shape index (κ2) is 8.34. The van der Waals surface area contributed by atoms with Crippen molar-refractivity contribution in [2.45, 2.75) is 58.9 Å². The van der Waals surface area contributed by atoms with Crippen molar-refractivity contribution in [3.8, 4) is 11.5 Å². The summed E-state index contributed by atoms with van der Waals surface area (Å²) in [6.07, 6.45) is 2.62. The minimum atomic E-state index is -0.190. The highest BCUT2D eigenvalue weighted by molar-refractivity contribution is 5.56. The van der Waals surface area contributed by atoms with Crippen molar-refractivity contribution in [2.75, 3.05) is 13.7 Å². The highest BCUT2D eigenvalue weighted by Crippen LogP contribution is 2.43. The SMILES string of the molecule is CC[C@@H](N)COc1c(C)ccc(C(C)(C)C[C@@H](C)C=O)c1OC. The average Bonchev–Trinajstić information content (AvgIpc) is 2.51. The van der Waals surface area contributed by atoms with Crippen LogP contribution in [-0.2, 0) is 10.2 Å². The van der Waals surface area contributed by atoms with Crippen molar-refractivity contribution in [3.05, 3.63) is 23.3 Å². The molecule has 0 saturated carbocycles. The number of methoxy groups -OCH3 is 1. The van der Waals surface area contributed by atoms with E-state index in [1.807, 2.05) is 26.8 Å². The number of aldehydes is 1. The Hall–Kier alpha value is -1.55. The number of carbonyl (C=O) groups is 1. The topological polar surface area (TPSA) is 61.5 Å². The molecule has 1 rings (SSSR count). The lowest BCUT2D eigenvalue weighted by Gasteiger charge is -2.30. The highest BCUT2D eigenvalue weighted by Gasteiger charge is 2.29. The third-order valence-electron chi connectivity index (χ3n) is 4.27. The van der Waals surface area contributed by atoms with E-state index in [1.165, 1.54) is 0 Å². The van der Waals surface area contributed by atoms with Crippen LogP contribution < -0.4 is 15.2 Å². The molecule has 1 aromatic carbocycles. The van der Waals surface area contributed by atoms with Crippen molar-refractivity contribution in [3.63, 3.8) is 0 Å². The summed E-state index contributed by atoms with van der Waals surface area (Å²) >= 11 is 0. The zero-order valence-corrected chi connectivity index (χ0v) is 15.3. The third-order valence-corrected chi connectivity index (χ3v) is 4.27. The second-order valence-electron chi connectivity index (χ2n) is 6.97. The molecule has 4 heteroatoms. The molecule has 0 aliphatic carbocycles. The molecule has 0 aromatic heterocycles. The Morgan fingerprint density at radius 2 is 1.96 bits per heavy atom. The third kappa shape index (κ3) is 4.96. The fourth-order valence-electron chi connectivity index (χ4n) is 2.85. The number of nitrogens with two attached hydrogens (primary N) is 1. The fourth-order valence-corrected chi connectivity index (χ4v) is 2.85. The first-order chi connectivity index (χ1) is 10.8. The molecule has 0 fully saturated rings. The Labute approximate surface area is 140 Å². The molecule has 0 bridgehead atoms. The first-order valence-corrected chi connectivity index (χ1v) is 8.28. The van der Waals surface area contributed by atoms with Crippen LogP contribution in [0.5, 0.6) is 11.5 Å². The molecule has 0 spiro atoms.